The first-order valence-electron chi connectivity index (χ1n) is 6.50. The summed E-state index contributed by atoms with van der Waals surface area (Å²) < 4.78 is 0. The summed E-state index contributed by atoms with van der Waals surface area (Å²) in [6, 6.07) is 15.4. The number of rotatable bonds is 3. The molecule has 21 heavy (non-hydrogen) atoms. The van der Waals surface area contributed by atoms with Crippen LogP contribution in [0.15, 0.2) is 59.8 Å². The van der Waals surface area contributed by atoms with Gasteiger partial charge in [0.1, 0.15) is 5.15 Å². The highest BCUT2D eigenvalue weighted by Gasteiger charge is 2.10. The number of hydrazone groups is 1. The zero-order valence-corrected chi connectivity index (χ0v) is 12.0. The lowest BCUT2D eigenvalue weighted by molar-refractivity contribution is 1.16. The molecule has 3 rings (SSSR count). The van der Waals surface area contributed by atoms with Crippen LogP contribution in [0.5, 0.6) is 0 Å². The molecule has 4 nitrogen and oxygen atoms in total. The van der Waals surface area contributed by atoms with Crippen molar-refractivity contribution >= 4 is 28.2 Å². The van der Waals surface area contributed by atoms with Gasteiger partial charge in [0, 0.05) is 18.0 Å². The van der Waals surface area contributed by atoms with Gasteiger partial charge in [0.05, 0.1) is 16.9 Å². The minimum atomic E-state index is 0.459. The maximum Gasteiger partial charge on any atom is 0.130 e. The molecule has 0 aliphatic rings. The van der Waals surface area contributed by atoms with E-state index in [2.05, 4.69) is 15.1 Å². The van der Waals surface area contributed by atoms with Crippen LogP contribution >= 0.6 is 11.6 Å². The predicted molar refractivity (Wildman–Crippen MR) is 85.4 cm³/mol. The Bertz CT molecular complexity index is 800. The number of para-hydroxylation sites is 1. The third-order valence-electron chi connectivity index (χ3n) is 3.24. The lowest BCUT2D eigenvalue weighted by atomic mass is 10.0. The second-order valence-electron chi connectivity index (χ2n) is 4.59. The number of nitrogens with two attached hydrogens (primary N) is 1. The molecule has 0 unspecified atom stereocenters. The van der Waals surface area contributed by atoms with Crippen molar-refractivity contribution in [2.45, 2.75) is 6.42 Å². The molecule has 0 aliphatic carbocycles. The van der Waals surface area contributed by atoms with Gasteiger partial charge in [-0.3, -0.25) is 4.98 Å². The number of fused-ring (bicyclic) bond motifs is 1. The summed E-state index contributed by atoms with van der Waals surface area (Å²) in [5, 5.41) is 5.38. The monoisotopic (exact) mass is 296 g/mol. The van der Waals surface area contributed by atoms with Gasteiger partial charge in [0.2, 0.25) is 0 Å². The highest BCUT2D eigenvalue weighted by Crippen LogP contribution is 2.22. The Morgan fingerprint density at radius 2 is 1.95 bits per heavy atom. The fourth-order valence-electron chi connectivity index (χ4n) is 2.27. The Morgan fingerprint density at radius 1 is 1.14 bits per heavy atom. The largest absolute Gasteiger partial charge is 0.323 e. The SMILES string of the molecule is NN=C(Cc1cc(Cl)nc2ccccc12)c1ccccn1. The van der Waals surface area contributed by atoms with Crippen LogP contribution in [0.3, 0.4) is 0 Å². The summed E-state index contributed by atoms with van der Waals surface area (Å²) >= 11 is 6.10. The first-order chi connectivity index (χ1) is 10.3. The average Bonchev–Trinajstić information content (AvgIpc) is 2.53. The van der Waals surface area contributed by atoms with Crippen molar-refractivity contribution in [3.8, 4) is 0 Å². The van der Waals surface area contributed by atoms with Crippen LogP contribution < -0.4 is 5.84 Å². The van der Waals surface area contributed by atoms with E-state index in [1.54, 1.807) is 6.20 Å². The van der Waals surface area contributed by atoms with Gasteiger partial charge in [0.15, 0.2) is 0 Å². The zero-order valence-electron chi connectivity index (χ0n) is 11.2. The van der Waals surface area contributed by atoms with E-state index in [1.165, 1.54) is 0 Å². The molecule has 0 radical (unpaired) electrons. The Kier molecular flexibility index (Phi) is 3.79. The van der Waals surface area contributed by atoms with Crippen LogP contribution in [0, 0.1) is 0 Å². The van der Waals surface area contributed by atoms with Crippen molar-refractivity contribution < 1.29 is 0 Å². The standard InChI is InChI=1S/C16H13ClN4/c17-16-10-11(12-5-1-2-6-13(12)20-16)9-15(21-18)14-7-3-4-8-19-14/h1-8,10H,9,18H2. The van der Waals surface area contributed by atoms with Gasteiger partial charge in [-0.1, -0.05) is 35.9 Å². The molecule has 5 heteroatoms. The quantitative estimate of drug-likeness (QED) is 0.349. The highest BCUT2D eigenvalue weighted by molar-refractivity contribution is 6.30. The molecule has 104 valence electrons. The van der Waals surface area contributed by atoms with E-state index in [-0.39, 0.29) is 0 Å². The second kappa shape index (κ2) is 5.89. The summed E-state index contributed by atoms with van der Waals surface area (Å²) in [5.41, 5.74) is 3.36. The summed E-state index contributed by atoms with van der Waals surface area (Å²) in [6.45, 7) is 0. The molecule has 0 saturated heterocycles. The molecule has 0 bridgehead atoms. The Balaban J connectivity index is 2.05. The smallest absolute Gasteiger partial charge is 0.130 e. The minimum absolute atomic E-state index is 0.459. The average molecular weight is 297 g/mol. The molecular weight excluding hydrogens is 284 g/mol. The van der Waals surface area contributed by atoms with Crippen molar-refractivity contribution in [2.75, 3.05) is 0 Å². The Labute approximate surface area is 127 Å². The fourth-order valence-corrected chi connectivity index (χ4v) is 2.50. The lowest BCUT2D eigenvalue weighted by Crippen LogP contribution is -2.10. The maximum absolute atomic E-state index is 6.10. The lowest BCUT2D eigenvalue weighted by Gasteiger charge is -2.08. The first-order valence-corrected chi connectivity index (χ1v) is 6.88. The summed E-state index contributed by atoms with van der Waals surface area (Å²) in [5.74, 6) is 5.53. The summed E-state index contributed by atoms with van der Waals surface area (Å²) in [6.07, 6.45) is 2.27. The van der Waals surface area contributed by atoms with Crippen molar-refractivity contribution in [1.82, 2.24) is 9.97 Å². The van der Waals surface area contributed by atoms with Gasteiger partial charge in [-0.15, -0.1) is 0 Å². The van der Waals surface area contributed by atoms with E-state index in [1.807, 2.05) is 48.5 Å². The minimum Gasteiger partial charge on any atom is -0.323 e. The molecule has 2 N–H and O–H groups in total. The van der Waals surface area contributed by atoms with Crippen LogP contribution in [-0.2, 0) is 6.42 Å². The number of nitrogens with zero attached hydrogens (tertiary/aromatic N) is 3. The fraction of sp³-hybridized carbons (Fsp3) is 0.0625. The van der Waals surface area contributed by atoms with E-state index >= 15 is 0 Å². The van der Waals surface area contributed by atoms with Gasteiger partial charge in [-0.05, 0) is 29.8 Å². The number of benzene rings is 1. The van der Waals surface area contributed by atoms with Crippen LogP contribution in [0.4, 0.5) is 0 Å². The Hall–Kier alpha value is -2.46. The first kappa shape index (κ1) is 13.5. The van der Waals surface area contributed by atoms with Crippen molar-refractivity contribution in [3.63, 3.8) is 0 Å². The molecule has 0 amide bonds. The highest BCUT2D eigenvalue weighted by atomic mass is 35.5. The normalized spacial score (nSPS) is 11.8. The number of hydrogen-bond acceptors (Lipinski definition) is 4. The van der Waals surface area contributed by atoms with E-state index in [0.717, 1.165) is 22.2 Å². The van der Waals surface area contributed by atoms with Crippen molar-refractivity contribution in [2.24, 2.45) is 10.9 Å². The van der Waals surface area contributed by atoms with Gasteiger partial charge in [-0.2, -0.15) is 5.10 Å². The molecule has 3 aromatic rings. The summed E-state index contributed by atoms with van der Waals surface area (Å²) in [7, 11) is 0. The van der Waals surface area contributed by atoms with Gasteiger partial charge in [-0.25, -0.2) is 4.98 Å². The molecule has 0 atom stereocenters. The zero-order chi connectivity index (χ0) is 14.7. The molecule has 0 fully saturated rings. The number of hydrogen-bond donors (Lipinski definition) is 1. The van der Waals surface area contributed by atoms with Gasteiger partial charge >= 0.3 is 0 Å². The van der Waals surface area contributed by atoms with E-state index in [0.29, 0.717) is 17.3 Å². The molecule has 0 saturated carbocycles. The van der Waals surface area contributed by atoms with Crippen LogP contribution in [-0.4, -0.2) is 15.7 Å². The molecule has 0 spiro atoms. The van der Waals surface area contributed by atoms with E-state index < -0.39 is 0 Å². The Morgan fingerprint density at radius 3 is 2.71 bits per heavy atom. The van der Waals surface area contributed by atoms with Crippen LogP contribution in [0.25, 0.3) is 10.9 Å². The topological polar surface area (TPSA) is 64.2 Å². The van der Waals surface area contributed by atoms with Crippen LogP contribution in [0.1, 0.15) is 11.3 Å². The molecule has 0 aliphatic heterocycles. The summed E-state index contributed by atoms with van der Waals surface area (Å²) in [4.78, 5) is 8.61. The molecule has 2 heterocycles. The van der Waals surface area contributed by atoms with Gasteiger partial charge in [0.25, 0.3) is 0 Å². The molecular formula is C16H13ClN4. The predicted octanol–water partition coefficient (Wildman–Crippen LogP) is 3.19. The number of pyridine rings is 2. The van der Waals surface area contributed by atoms with E-state index in [4.69, 9.17) is 17.4 Å². The maximum atomic E-state index is 6.10. The number of halogens is 1. The third kappa shape index (κ3) is 2.85. The number of aromatic nitrogens is 2. The third-order valence-corrected chi connectivity index (χ3v) is 3.44. The van der Waals surface area contributed by atoms with Gasteiger partial charge < -0.3 is 5.84 Å². The van der Waals surface area contributed by atoms with Crippen molar-refractivity contribution in [3.05, 3.63) is 71.1 Å². The molecule has 2 aromatic heterocycles. The van der Waals surface area contributed by atoms with Crippen molar-refractivity contribution in [1.29, 1.82) is 0 Å². The van der Waals surface area contributed by atoms with E-state index in [9.17, 15) is 0 Å². The second-order valence-corrected chi connectivity index (χ2v) is 4.98. The molecule has 1 aromatic carbocycles. The van der Waals surface area contributed by atoms with Crippen LogP contribution in [0.2, 0.25) is 5.15 Å².